The zero-order chi connectivity index (χ0) is 36.5. The van der Waals surface area contributed by atoms with Gasteiger partial charge in [0.1, 0.15) is 17.9 Å². The fourth-order valence-corrected chi connectivity index (χ4v) is 7.31. The lowest BCUT2D eigenvalue weighted by molar-refractivity contribution is -0.132. The van der Waals surface area contributed by atoms with Crippen LogP contribution >= 0.6 is 0 Å². The van der Waals surface area contributed by atoms with Crippen molar-refractivity contribution < 1.29 is 36.3 Å². The van der Waals surface area contributed by atoms with Crippen molar-refractivity contribution in [2.24, 2.45) is 17.1 Å². The van der Waals surface area contributed by atoms with E-state index in [0.29, 0.717) is 38.5 Å². The van der Waals surface area contributed by atoms with Gasteiger partial charge in [0.05, 0.1) is 11.5 Å². The summed E-state index contributed by atoms with van der Waals surface area (Å²) in [6.45, 7) is 6.94. The van der Waals surface area contributed by atoms with Gasteiger partial charge in [0, 0.05) is 49.4 Å². The summed E-state index contributed by atoms with van der Waals surface area (Å²) in [7, 11) is -4.37. The van der Waals surface area contributed by atoms with Crippen LogP contribution in [0.25, 0.3) is 0 Å². The maximum atomic E-state index is 14.4. The van der Waals surface area contributed by atoms with Gasteiger partial charge in [-0.3, -0.25) is 14.3 Å². The molecule has 2 aromatic carbocycles. The van der Waals surface area contributed by atoms with Gasteiger partial charge in [0.15, 0.2) is 6.39 Å². The molecule has 0 aliphatic heterocycles. The molecule has 14 heteroatoms. The predicted molar refractivity (Wildman–Crippen MR) is 183 cm³/mol. The number of halogens is 2. The molecule has 0 spiro atoms. The molecule has 0 radical (unpaired) electrons. The second-order valence-electron chi connectivity index (χ2n) is 12.5. The molecule has 3 aromatic rings. The summed E-state index contributed by atoms with van der Waals surface area (Å²) < 4.78 is 62.7. The lowest BCUT2D eigenvalue weighted by Gasteiger charge is -2.42. The Kier molecular flexibility index (Phi) is 13.1. The molecule has 0 fully saturated rings. The quantitative estimate of drug-likeness (QED) is 0.153. The average molecular weight is 714 g/mol. The standard InChI is InChI=1S/C36H45F2N5O6S/c1-4-10-43(11-5-2)34(45)27-16-30(42-50(47,48)33-22-49-23-41-33)19-36(18-27,35(39)46)31(15-26-13-28(37)17-29(38)14-26)32(44)21-40-20-25-9-7-8-24(6-3)12-25/h7-9,12-14,16-17,19,22-23,31-32,40,42,44H,4-6,10-11,15,18,20-21H2,1-3H3,(H2,39,46)/t31-,32+,36?/m1/s1. The number of rotatable bonds is 18. The summed E-state index contributed by atoms with van der Waals surface area (Å²) in [5.74, 6) is -4.32. The molecule has 1 unspecified atom stereocenters. The van der Waals surface area contributed by atoms with E-state index in [-0.39, 0.29) is 36.2 Å². The highest BCUT2D eigenvalue weighted by atomic mass is 32.2. The number of carbonyl (C=O) groups is 2. The number of sulfonamides is 1. The molecule has 0 bridgehead atoms. The first-order valence-electron chi connectivity index (χ1n) is 16.7. The number of nitrogens with one attached hydrogen (secondary N) is 2. The third-order valence-corrected chi connectivity index (χ3v) is 10.0. The first-order chi connectivity index (χ1) is 23.8. The second-order valence-corrected chi connectivity index (χ2v) is 14.2. The minimum absolute atomic E-state index is 0.0676. The molecule has 5 N–H and O–H groups in total. The lowest BCUT2D eigenvalue weighted by atomic mass is 9.63. The summed E-state index contributed by atoms with van der Waals surface area (Å²) in [4.78, 5) is 33.1. The zero-order valence-corrected chi connectivity index (χ0v) is 29.3. The van der Waals surface area contributed by atoms with Crippen LogP contribution in [0.1, 0.15) is 56.7 Å². The number of hydrogen-bond donors (Lipinski definition) is 4. The van der Waals surface area contributed by atoms with Gasteiger partial charge in [-0.05, 0) is 73.1 Å². The van der Waals surface area contributed by atoms with E-state index < -0.39 is 55.9 Å². The van der Waals surface area contributed by atoms with E-state index in [2.05, 4.69) is 15.0 Å². The van der Waals surface area contributed by atoms with Crippen molar-refractivity contribution in [3.05, 3.63) is 107 Å². The van der Waals surface area contributed by atoms with Crippen molar-refractivity contribution >= 4 is 21.8 Å². The summed E-state index contributed by atoms with van der Waals surface area (Å²) >= 11 is 0. The van der Waals surface area contributed by atoms with Crippen LogP contribution in [0.15, 0.2) is 88.0 Å². The van der Waals surface area contributed by atoms with Gasteiger partial charge in [0.25, 0.3) is 10.0 Å². The van der Waals surface area contributed by atoms with Crippen molar-refractivity contribution in [2.45, 2.75) is 70.6 Å². The fraction of sp³-hybridized carbons (Fsp3) is 0.417. The lowest BCUT2D eigenvalue weighted by Crippen LogP contribution is -2.52. The molecule has 2 amide bonds. The van der Waals surface area contributed by atoms with Gasteiger partial charge in [-0.15, -0.1) is 0 Å². The normalized spacial score (nSPS) is 17.4. The SMILES string of the molecule is CCCN(CCC)C(=O)C1=CC(NS(=O)(=O)c2cocn2)=CC(C(N)=O)([C@H](Cc2cc(F)cc(F)c2)[C@@H](O)CNCc2cccc(CC)c2)C1. The number of allylic oxidation sites excluding steroid dienone is 1. The van der Waals surface area contributed by atoms with Crippen molar-refractivity contribution in [3.63, 3.8) is 0 Å². The number of oxazole rings is 1. The first kappa shape index (κ1) is 38.4. The van der Waals surface area contributed by atoms with Crippen LogP contribution in [0.3, 0.4) is 0 Å². The summed E-state index contributed by atoms with van der Waals surface area (Å²) in [6, 6.07) is 10.8. The largest absolute Gasteiger partial charge is 0.450 e. The molecule has 50 heavy (non-hydrogen) atoms. The van der Waals surface area contributed by atoms with Gasteiger partial charge in [-0.2, -0.15) is 8.42 Å². The maximum absolute atomic E-state index is 14.4. The molecule has 1 aromatic heterocycles. The van der Waals surface area contributed by atoms with E-state index in [4.69, 9.17) is 10.2 Å². The number of amides is 2. The number of aliphatic hydroxyl groups is 1. The maximum Gasteiger partial charge on any atom is 0.282 e. The Morgan fingerprint density at radius 2 is 1.74 bits per heavy atom. The molecular formula is C36H45F2N5O6S. The third-order valence-electron chi connectivity index (χ3n) is 8.76. The molecular weight excluding hydrogens is 668 g/mol. The topological polar surface area (TPSA) is 168 Å². The molecule has 0 saturated heterocycles. The number of aromatic nitrogens is 1. The van der Waals surface area contributed by atoms with Crippen LogP contribution < -0.4 is 15.8 Å². The number of benzene rings is 2. The highest BCUT2D eigenvalue weighted by Gasteiger charge is 2.49. The number of aryl methyl sites for hydroxylation is 1. The van der Waals surface area contributed by atoms with Gasteiger partial charge in [-0.1, -0.05) is 45.0 Å². The van der Waals surface area contributed by atoms with Crippen LogP contribution in [0.2, 0.25) is 0 Å². The molecule has 1 heterocycles. The summed E-state index contributed by atoms with van der Waals surface area (Å²) in [5.41, 5.74) is 6.37. The monoisotopic (exact) mass is 713 g/mol. The van der Waals surface area contributed by atoms with Crippen molar-refractivity contribution in [1.29, 1.82) is 0 Å². The van der Waals surface area contributed by atoms with Crippen LogP contribution in [0.4, 0.5) is 8.78 Å². The Hall–Kier alpha value is -4.40. The van der Waals surface area contributed by atoms with E-state index in [1.807, 2.05) is 45.0 Å². The Balaban J connectivity index is 1.82. The fourth-order valence-electron chi connectivity index (χ4n) is 6.41. The number of nitrogens with zero attached hydrogens (tertiary/aromatic N) is 2. The van der Waals surface area contributed by atoms with E-state index in [1.165, 1.54) is 12.2 Å². The van der Waals surface area contributed by atoms with Crippen LogP contribution in [0, 0.1) is 23.0 Å². The Bertz CT molecular complexity index is 1790. The smallest absolute Gasteiger partial charge is 0.282 e. The van der Waals surface area contributed by atoms with E-state index in [9.17, 15) is 31.9 Å². The summed E-state index contributed by atoms with van der Waals surface area (Å²) in [6.07, 6.45) is 4.66. The molecule has 270 valence electrons. The minimum atomic E-state index is -4.37. The predicted octanol–water partition coefficient (Wildman–Crippen LogP) is 4.14. The Morgan fingerprint density at radius 3 is 2.34 bits per heavy atom. The van der Waals surface area contributed by atoms with Gasteiger partial charge < -0.3 is 25.5 Å². The van der Waals surface area contributed by atoms with Crippen molar-refractivity contribution in [2.75, 3.05) is 19.6 Å². The van der Waals surface area contributed by atoms with Gasteiger partial charge in [-0.25, -0.2) is 13.8 Å². The minimum Gasteiger partial charge on any atom is -0.450 e. The Labute approximate surface area is 291 Å². The number of hydrogen-bond acceptors (Lipinski definition) is 8. The van der Waals surface area contributed by atoms with Gasteiger partial charge in [0.2, 0.25) is 16.8 Å². The van der Waals surface area contributed by atoms with Crippen molar-refractivity contribution in [1.82, 2.24) is 19.9 Å². The van der Waals surface area contributed by atoms with Crippen LogP contribution in [0.5, 0.6) is 0 Å². The highest BCUT2D eigenvalue weighted by Crippen LogP contribution is 2.44. The third kappa shape index (κ3) is 9.43. The van der Waals surface area contributed by atoms with E-state index in [0.717, 1.165) is 42.3 Å². The molecule has 1 aliphatic rings. The van der Waals surface area contributed by atoms with E-state index >= 15 is 0 Å². The molecule has 3 atom stereocenters. The number of carbonyl (C=O) groups excluding carboxylic acids is 2. The average Bonchev–Trinajstić information content (AvgIpc) is 3.63. The highest BCUT2D eigenvalue weighted by molar-refractivity contribution is 7.89. The molecule has 4 rings (SSSR count). The molecule has 11 nitrogen and oxygen atoms in total. The molecule has 0 saturated carbocycles. The number of aliphatic hydroxyl groups excluding tert-OH is 1. The van der Waals surface area contributed by atoms with E-state index in [1.54, 1.807) is 4.90 Å². The number of primary amides is 1. The molecule has 1 aliphatic carbocycles. The van der Waals surface area contributed by atoms with Crippen LogP contribution in [-0.4, -0.2) is 61.0 Å². The Morgan fingerprint density at radius 1 is 1.06 bits per heavy atom. The van der Waals surface area contributed by atoms with Crippen LogP contribution in [-0.2, 0) is 39.0 Å². The van der Waals surface area contributed by atoms with Gasteiger partial charge >= 0.3 is 0 Å². The zero-order valence-electron chi connectivity index (χ0n) is 28.5. The number of nitrogens with two attached hydrogens (primary N) is 1. The summed E-state index contributed by atoms with van der Waals surface area (Å²) in [5, 5.41) is 14.6. The van der Waals surface area contributed by atoms with Crippen molar-refractivity contribution in [3.8, 4) is 0 Å². The first-order valence-corrected chi connectivity index (χ1v) is 18.1. The second kappa shape index (κ2) is 17.0.